The fraction of sp³-hybridized carbons (Fsp3) is 0.583. The van der Waals surface area contributed by atoms with Crippen molar-refractivity contribution in [2.24, 2.45) is 5.92 Å². The predicted octanol–water partition coefficient (Wildman–Crippen LogP) is 3.52. The summed E-state index contributed by atoms with van der Waals surface area (Å²) in [5, 5.41) is 28.9. The van der Waals surface area contributed by atoms with Gasteiger partial charge in [-0.1, -0.05) is 42.4 Å². The summed E-state index contributed by atoms with van der Waals surface area (Å²) in [5.74, 6) is -0.501. The van der Waals surface area contributed by atoms with Crippen LogP contribution in [0.4, 0.5) is 0 Å². The largest absolute Gasteiger partial charge is 0.429 e. The quantitative estimate of drug-likeness (QED) is 0.239. The number of hydrogen-bond donors (Lipinski definition) is 3. The molecule has 0 saturated carbocycles. The average Bonchev–Trinajstić information content (AvgIpc) is 2.98. The molecule has 168 valence electrons. The van der Waals surface area contributed by atoms with Crippen molar-refractivity contribution in [3.63, 3.8) is 0 Å². The van der Waals surface area contributed by atoms with E-state index in [4.69, 9.17) is 0 Å². The Morgan fingerprint density at radius 2 is 1.93 bits per heavy atom. The van der Waals surface area contributed by atoms with E-state index in [1.54, 1.807) is 0 Å². The third-order valence-electron chi connectivity index (χ3n) is 5.13. The molecule has 0 aromatic rings. The highest BCUT2D eigenvalue weighted by Gasteiger charge is 2.22. The smallest absolute Gasteiger partial charge is 0.333 e. The monoisotopic (exact) mass is 420 g/mol. The van der Waals surface area contributed by atoms with Crippen LogP contribution in [0, 0.1) is 5.92 Å². The summed E-state index contributed by atoms with van der Waals surface area (Å²) in [6, 6.07) is 0. The Morgan fingerprint density at radius 3 is 2.53 bits per heavy atom. The van der Waals surface area contributed by atoms with Crippen molar-refractivity contribution in [2.45, 2.75) is 84.7 Å². The van der Waals surface area contributed by atoms with E-state index in [0.29, 0.717) is 24.3 Å². The lowest BCUT2D eigenvalue weighted by molar-refractivity contribution is -0.151. The third kappa shape index (κ3) is 10.1. The lowest BCUT2D eigenvalue weighted by atomic mass is 9.99. The van der Waals surface area contributed by atoms with Gasteiger partial charge in [-0.05, 0) is 65.2 Å². The van der Waals surface area contributed by atoms with E-state index in [1.165, 1.54) is 18.6 Å². The molecule has 4 unspecified atom stereocenters. The Bertz CT molecular complexity index is 700. The Hall–Kier alpha value is -2.02. The molecule has 0 aromatic carbocycles. The maximum Gasteiger partial charge on any atom is 0.333 e. The zero-order chi connectivity index (χ0) is 22.7. The van der Waals surface area contributed by atoms with Crippen LogP contribution in [0.25, 0.3) is 0 Å². The van der Waals surface area contributed by atoms with Crippen molar-refractivity contribution >= 4 is 11.8 Å². The molecule has 0 fully saturated rings. The maximum atomic E-state index is 11.1. The van der Waals surface area contributed by atoms with Gasteiger partial charge in [0, 0.05) is 11.6 Å². The van der Waals surface area contributed by atoms with Crippen LogP contribution in [0.1, 0.15) is 66.2 Å². The van der Waals surface area contributed by atoms with E-state index in [-0.39, 0.29) is 0 Å². The number of esters is 1. The van der Waals surface area contributed by atoms with Gasteiger partial charge < -0.3 is 20.1 Å². The summed E-state index contributed by atoms with van der Waals surface area (Å²) >= 11 is 0. The van der Waals surface area contributed by atoms with Crippen LogP contribution < -0.4 is 0 Å². The van der Waals surface area contributed by atoms with Crippen LogP contribution in [0.3, 0.4) is 0 Å². The normalized spacial score (nSPS) is 20.8. The highest BCUT2D eigenvalue weighted by molar-refractivity contribution is 5.85. The molecule has 0 spiro atoms. The molecule has 30 heavy (non-hydrogen) atoms. The Kier molecular flexibility index (Phi) is 11.5. The van der Waals surface area contributed by atoms with Crippen LogP contribution in [-0.2, 0) is 14.3 Å². The second-order valence-electron chi connectivity index (χ2n) is 8.19. The van der Waals surface area contributed by atoms with Gasteiger partial charge in [-0.25, -0.2) is 4.79 Å². The fourth-order valence-corrected chi connectivity index (χ4v) is 3.19. The van der Waals surface area contributed by atoms with Gasteiger partial charge in [-0.2, -0.15) is 0 Å². The van der Waals surface area contributed by atoms with Crippen LogP contribution in [0.2, 0.25) is 0 Å². The summed E-state index contributed by atoms with van der Waals surface area (Å²) < 4.78 is 4.67. The Morgan fingerprint density at radius 1 is 1.23 bits per heavy atom. The van der Waals surface area contributed by atoms with Gasteiger partial charge in [0.25, 0.3) is 0 Å². The summed E-state index contributed by atoms with van der Waals surface area (Å²) in [5.41, 5.74) is 2.83. The molecule has 1 heterocycles. The highest BCUT2D eigenvalue weighted by Crippen LogP contribution is 2.20. The van der Waals surface area contributed by atoms with Gasteiger partial charge in [0.15, 0.2) is 5.78 Å². The van der Waals surface area contributed by atoms with E-state index in [9.17, 15) is 24.9 Å². The number of aliphatic hydroxyl groups is 3. The molecule has 1 rings (SSSR count). The molecular weight excluding hydrogens is 384 g/mol. The van der Waals surface area contributed by atoms with Crippen LogP contribution in [0.15, 0.2) is 47.1 Å². The van der Waals surface area contributed by atoms with Crippen LogP contribution in [0.5, 0.6) is 0 Å². The summed E-state index contributed by atoms with van der Waals surface area (Å²) in [4.78, 5) is 22.2. The molecule has 0 aliphatic carbocycles. The number of ether oxygens (including phenoxy) is 1. The van der Waals surface area contributed by atoms with Crippen LogP contribution >= 0.6 is 0 Å². The van der Waals surface area contributed by atoms with E-state index in [0.717, 1.165) is 31.3 Å². The molecule has 6 heteroatoms. The van der Waals surface area contributed by atoms with Gasteiger partial charge in [0.1, 0.15) is 6.10 Å². The zero-order valence-corrected chi connectivity index (χ0v) is 18.5. The Balaban J connectivity index is 2.29. The standard InChI is InChI=1S/C24H36O6/c1-16(10-6-12-18(3)14-21(26)23(28)19(4)25)8-5-9-17(2)11-7-13-20-15-22(27)30-24(20)29/h5,8-9,12,15-16,21,23-24,26,28-29H,6-7,10-11,13-14H2,1-4H3. The summed E-state index contributed by atoms with van der Waals surface area (Å²) in [6.45, 7) is 7.36. The molecule has 1 aliphatic rings. The number of rotatable bonds is 13. The minimum atomic E-state index is -1.32. The molecule has 0 bridgehead atoms. The van der Waals surface area contributed by atoms with E-state index in [2.05, 4.69) is 36.8 Å². The van der Waals surface area contributed by atoms with E-state index in [1.807, 2.05) is 13.0 Å². The number of Topliss-reactive ketones (excluding diaryl/α,β-unsaturated/α-hetero) is 1. The number of aliphatic hydroxyl groups excluding tert-OH is 3. The molecule has 0 amide bonds. The molecule has 3 N–H and O–H groups in total. The molecule has 4 atom stereocenters. The second-order valence-corrected chi connectivity index (χ2v) is 8.19. The van der Waals surface area contributed by atoms with Crippen molar-refractivity contribution in [3.8, 4) is 0 Å². The zero-order valence-electron chi connectivity index (χ0n) is 18.5. The second kappa shape index (κ2) is 13.3. The summed E-state index contributed by atoms with van der Waals surface area (Å²) in [7, 11) is 0. The first-order valence-electron chi connectivity index (χ1n) is 10.6. The summed E-state index contributed by atoms with van der Waals surface area (Å²) in [6.07, 6.45) is 10.7. The van der Waals surface area contributed by atoms with Gasteiger partial charge in [-0.3, -0.25) is 4.79 Å². The van der Waals surface area contributed by atoms with Crippen molar-refractivity contribution in [2.75, 3.05) is 0 Å². The lowest BCUT2D eigenvalue weighted by Crippen LogP contribution is -2.32. The van der Waals surface area contributed by atoms with Crippen molar-refractivity contribution < 1.29 is 29.6 Å². The number of cyclic esters (lactones) is 1. The number of hydrogen-bond acceptors (Lipinski definition) is 6. The third-order valence-corrected chi connectivity index (χ3v) is 5.13. The first-order valence-corrected chi connectivity index (χ1v) is 10.6. The average molecular weight is 421 g/mol. The minimum absolute atomic E-state index is 0.293. The van der Waals surface area contributed by atoms with Gasteiger partial charge >= 0.3 is 5.97 Å². The molecular formula is C24H36O6. The number of ketones is 1. The Labute approximate surface area is 179 Å². The van der Waals surface area contributed by atoms with Crippen molar-refractivity contribution in [1.29, 1.82) is 0 Å². The lowest BCUT2D eigenvalue weighted by Gasteiger charge is -2.15. The molecule has 1 aliphatic heterocycles. The number of carbonyl (C=O) groups excluding carboxylic acids is 2. The van der Waals surface area contributed by atoms with E-state index < -0.39 is 30.3 Å². The number of carbonyl (C=O) groups is 2. The predicted molar refractivity (Wildman–Crippen MR) is 116 cm³/mol. The van der Waals surface area contributed by atoms with Gasteiger partial charge in [-0.15, -0.1) is 0 Å². The van der Waals surface area contributed by atoms with Crippen molar-refractivity contribution in [3.05, 3.63) is 47.1 Å². The van der Waals surface area contributed by atoms with Crippen molar-refractivity contribution in [1.82, 2.24) is 0 Å². The molecule has 6 nitrogen and oxygen atoms in total. The van der Waals surface area contributed by atoms with Gasteiger partial charge in [0.05, 0.1) is 6.10 Å². The van der Waals surface area contributed by atoms with Gasteiger partial charge in [0.2, 0.25) is 6.29 Å². The maximum absolute atomic E-state index is 11.1. The topological polar surface area (TPSA) is 104 Å². The van der Waals surface area contributed by atoms with E-state index >= 15 is 0 Å². The number of allylic oxidation sites excluding steroid dienone is 5. The highest BCUT2D eigenvalue weighted by atomic mass is 16.6. The molecule has 0 aromatic heterocycles. The molecule has 0 radical (unpaired) electrons. The fourth-order valence-electron chi connectivity index (χ4n) is 3.19. The first kappa shape index (κ1) is 26.0. The minimum Gasteiger partial charge on any atom is -0.429 e. The molecule has 0 saturated heterocycles. The van der Waals surface area contributed by atoms with Crippen LogP contribution in [-0.4, -0.2) is 45.6 Å². The first-order chi connectivity index (χ1) is 14.1. The SMILES string of the molecule is CC(=O)C(O)C(O)CC(C)=CCCC(C)C=CC=C(C)CCCC1=CC(=O)OC1O.